The van der Waals surface area contributed by atoms with Crippen LogP contribution in [0, 0.1) is 0 Å². The number of urea groups is 1. The lowest BCUT2D eigenvalue weighted by Gasteiger charge is -2.30. The Bertz CT molecular complexity index is 1290. The molecule has 36 heavy (non-hydrogen) atoms. The number of nitrogens with two attached hydrogens (primary N) is 1. The van der Waals surface area contributed by atoms with Crippen molar-refractivity contribution in [3.8, 4) is 17.0 Å². The highest BCUT2D eigenvalue weighted by atomic mass is 19.4. The van der Waals surface area contributed by atoms with Crippen molar-refractivity contribution in [1.29, 1.82) is 0 Å². The van der Waals surface area contributed by atoms with Crippen molar-refractivity contribution in [2.75, 3.05) is 18.8 Å². The van der Waals surface area contributed by atoms with E-state index >= 15 is 0 Å². The second-order valence-electron chi connectivity index (χ2n) is 9.77. The lowest BCUT2D eigenvalue weighted by atomic mass is 9.82. The molecule has 1 saturated heterocycles. The number of likely N-dealkylation sites (tertiary alicyclic amines) is 1. The molecule has 9 nitrogen and oxygen atoms in total. The molecule has 0 bridgehead atoms. The predicted molar refractivity (Wildman–Crippen MR) is 125 cm³/mol. The summed E-state index contributed by atoms with van der Waals surface area (Å²) in [6.45, 7) is 5.57. The number of alkyl halides is 3. The van der Waals surface area contributed by atoms with Gasteiger partial charge in [-0.1, -0.05) is 6.07 Å². The maximum absolute atomic E-state index is 13.1. The topological polar surface area (TPSA) is 111 Å². The molecule has 0 aliphatic carbocycles. The highest BCUT2D eigenvalue weighted by Gasteiger charge is 2.47. The first kappa shape index (κ1) is 23.9. The van der Waals surface area contributed by atoms with Gasteiger partial charge in [0.2, 0.25) is 0 Å². The molecule has 5 rings (SSSR count). The van der Waals surface area contributed by atoms with Crippen LogP contribution in [0.2, 0.25) is 0 Å². The van der Waals surface area contributed by atoms with E-state index in [4.69, 9.17) is 5.73 Å². The van der Waals surface area contributed by atoms with Crippen molar-refractivity contribution >= 4 is 11.8 Å². The second kappa shape index (κ2) is 8.38. The summed E-state index contributed by atoms with van der Waals surface area (Å²) in [5.74, 6) is -0.924. The smallest absolute Gasteiger partial charge is 0.402 e. The molecule has 12 heteroatoms. The van der Waals surface area contributed by atoms with Crippen molar-refractivity contribution < 1.29 is 22.7 Å². The van der Waals surface area contributed by atoms with Crippen molar-refractivity contribution in [3.05, 3.63) is 54.1 Å². The number of nitrogen functional groups attached to an aromatic ring is 1. The minimum Gasteiger partial charge on any atom is -0.402 e. The van der Waals surface area contributed by atoms with Gasteiger partial charge in [-0.15, -0.1) is 13.2 Å². The van der Waals surface area contributed by atoms with Crippen LogP contribution in [0.25, 0.3) is 11.3 Å². The molecule has 3 aromatic heterocycles. The van der Waals surface area contributed by atoms with Gasteiger partial charge in [-0.2, -0.15) is 5.10 Å². The van der Waals surface area contributed by atoms with Crippen LogP contribution in [0.3, 0.4) is 0 Å². The van der Waals surface area contributed by atoms with Crippen LogP contribution in [0.1, 0.15) is 38.1 Å². The van der Waals surface area contributed by atoms with E-state index in [0.717, 1.165) is 24.2 Å². The monoisotopic (exact) mass is 501 g/mol. The van der Waals surface area contributed by atoms with E-state index in [-0.39, 0.29) is 17.3 Å². The third-order valence-electron chi connectivity index (χ3n) is 6.89. The zero-order valence-corrected chi connectivity index (χ0v) is 19.8. The van der Waals surface area contributed by atoms with Crippen LogP contribution in [0.5, 0.6) is 5.75 Å². The Morgan fingerprint density at radius 2 is 1.94 bits per heavy atom. The summed E-state index contributed by atoms with van der Waals surface area (Å²) in [7, 11) is 0. The molecule has 1 fully saturated rings. The number of anilines is 1. The van der Waals surface area contributed by atoms with E-state index in [2.05, 4.69) is 25.1 Å². The first-order valence-corrected chi connectivity index (χ1v) is 11.5. The Kier molecular flexibility index (Phi) is 5.56. The van der Waals surface area contributed by atoms with Gasteiger partial charge in [-0.3, -0.25) is 9.67 Å². The fourth-order valence-electron chi connectivity index (χ4n) is 5.01. The molecule has 2 amide bonds. The summed E-state index contributed by atoms with van der Waals surface area (Å²) >= 11 is 0. The van der Waals surface area contributed by atoms with Crippen LogP contribution >= 0.6 is 0 Å². The van der Waals surface area contributed by atoms with Crippen LogP contribution in [-0.4, -0.2) is 50.1 Å². The number of pyridine rings is 2. The number of ether oxygens (including phenoxy) is 1. The summed E-state index contributed by atoms with van der Waals surface area (Å²) in [4.78, 5) is 23.1. The largest absolute Gasteiger partial charge is 0.573 e. The number of nitrogens with one attached hydrogen (secondary N) is 1. The summed E-state index contributed by atoms with van der Waals surface area (Å²) in [5, 5.41) is 7.67. The fourth-order valence-corrected chi connectivity index (χ4v) is 5.01. The summed E-state index contributed by atoms with van der Waals surface area (Å²) in [6.07, 6.45) is -0.228. The fraction of sp³-hybridized carbons (Fsp3) is 0.417. The highest BCUT2D eigenvalue weighted by Crippen LogP contribution is 2.44. The minimum atomic E-state index is -4.88. The molecule has 0 saturated carbocycles. The summed E-state index contributed by atoms with van der Waals surface area (Å²) in [6, 6.07) is 8.46. The molecule has 1 unspecified atom stereocenters. The molecule has 2 aliphatic heterocycles. The first-order valence-electron chi connectivity index (χ1n) is 11.5. The Labute approximate surface area is 205 Å². The first-order chi connectivity index (χ1) is 17.0. The van der Waals surface area contributed by atoms with Crippen molar-refractivity contribution in [1.82, 2.24) is 30.0 Å². The van der Waals surface area contributed by atoms with E-state index in [9.17, 15) is 18.0 Å². The van der Waals surface area contributed by atoms with Gasteiger partial charge >= 0.3 is 12.4 Å². The summed E-state index contributed by atoms with van der Waals surface area (Å²) in [5.41, 5.74) is 7.20. The molecule has 1 spiro atoms. The number of aromatic nitrogens is 4. The van der Waals surface area contributed by atoms with Crippen LogP contribution in [0.4, 0.5) is 23.8 Å². The Balaban J connectivity index is 1.34. The number of amides is 2. The molecule has 0 radical (unpaired) electrons. The third-order valence-corrected chi connectivity index (χ3v) is 6.89. The molecule has 5 heterocycles. The SMILES string of the molecule is CC(C)(NC(=O)N1CCC2(CCn3nc(-c4cnc(N)c(OC(F)(F)F)c4)cc32)C1)c1ccccn1. The number of hydrogen-bond donors (Lipinski definition) is 2. The highest BCUT2D eigenvalue weighted by molar-refractivity contribution is 5.76. The number of nitrogens with zero attached hydrogens (tertiary/aromatic N) is 5. The zero-order chi connectivity index (χ0) is 25.7. The van der Waals surface area contributed by atoms with Gasteiger partial charge in [0.05, 0.1) is 16.9 Å². The number of halogens is 3. The molecule has 1 atom stereocenters. The van der Waals surface area contributed by atoms with Gasteiger partial charge in [0.15, 0.2) is 11.6 Å². The number of fused-ring (bicyclic) bond motifs is 2. The van der Waals surface area contributed by atoms with E-state index in [1.165, 1.54) is 12.3 Å². The van der Waals surface area contributed by atoms with Gasteiger partial charge < -0.3 is 20.7 Å². The van der Waals surface area contributed by atoms with E-state index in [1.807, 2.05) is 42.8 Å². The van der Waals surface area contributed by atoms with Crippen LogP contribution in [-0.2, 0) is 17.5 Å². The van der Waals surface area contributed by atoms with Gasteiger partial charge in [-0.05, 0) is 51.0 Å². The van der Waals surface area contributed by atoms with Gasteiger partial charge in [0, 0.05) is 48.7 Å². The second-order valence-corrected chi connectivity index (χ2v) is 9.77. The Hall–Kier alpha value is -3.83. The standard InChI is InChI=1S/C24H26F3N7O2/c1-22(2,18-5-3-4-8-29-18)31-21(35)33-9-6-23(14-33)7-10-34-19(23)12-16(32-34)15-11-17(20(28)30-13-15)36-24(25,26)27/h3-5,8,11-13H,6-7,9-10,14H2,1-2H3,(H2,28,30)(H,31,35). The Morgan fingerprint density at radius 1 is 1.17 bits per heavy atom. The van der Waals surface area contributed by atoms with Crippen LogP contribution < -0.4 is 15.8 Å². The molecule has 190 valence electrons. The third kappa shape index (κ3) is 4.42. The molecular weight excluding hydrogens is 475 g/mol. The molecule has 3 aromatic rings. The number of carbonyl (C=O) groups is 1. The maximum atomic E-state index is 13.1. The van der Waals surface area contributed by atoms with E-state index < -0.39 is 17.7 Å². The summed E-state index contributed by atoms with van der Waals surface area (Å²) < 4.78 is 44.0. The van der Waals surface area contributed by atoms with Gasteiger partial charge in [-0.25, -0.2) is 9.78 Å². The van der Waals surface area contributed by atoms with Crippen LogP contribution in [0.15, 0.2) is 42.7 Å². The molecule has 3 N–H and O–H groups in total. The average Bonchev–Trinajstić information content (AvgIpc) is 3.52. The van der Waals surface area contributed by atoms with Crippen molar-refractivity contribution in [3.63, 3.8) is 0 Å². The van der Waals surface area contributed by atoms with E-state index in [1.54, 1.807) is 11.1 Å². The zero-order valence-electron chi connectivity index (χ0n) is 19.8. The van der Waals surface area contributed by atoms with Crippen molar-refractivity contribution in [2.45, 2.75) is 50.6 Å². The number of aryl methyl sites for hydroxylation is 1. The van der Waals surface area contributed by atoms with Gasteiger partial charge in [0.1, 0.15) is 0 Å². The number of carbonyl (C=O) groups excluding carboxylic acids is 1. The minimum absolute atomic E-state index is 0.169. The molecule has 0 aromatic carbocycles. The van der Waals surface area contributed by atoms with Crippen molar-refractivity contribution in [2.24, 2.45) is 0 Å². The Morgan fingerprint density at radius 3 is 2.67 bits per heavy atom. The molecule has 2 aliphatic rings. The predicted octanol–water partition coefficient (Wildman–Crippen LogP) is 3.81. The molecular formula is C24H26F3N7O2. The number of hydrogen-bond acceptors (Lipinski definition) is 6. The maximum Gasteiger partial charge on any atom is 0.573 e. The lowest BCUT2D eigenvalue weighted by molar-refractivity contribution is -0.274. The van der Waals surface area contributed by atoms with E-state index in [0.29, 0.717) is 30.9 Å². The van der Waals surface area contributed by atoms with Gasteiger partial charge in [0.25, 0.3) is 0 Å². The average molecular weight is 502 g/mol. The number of rotatable bonds is 4. The normalized spacial score (nSPS) is 19.5. The lowest BCUT2D eigenvalue weighted by Crippen LogP contribution is -2.48. The quantitative estimate of drug-likeness (QED) is 0.563.